The Morgan fingerprint density at radius 3 is 2.76 bits per heavy atom. The Bertz CT molecular complexity index is 1250. The number of rotatable bonds is 7. The van der Waals surface area contributed by atoms with Crippen LogP contribution in [0.15, 0.2) is 34.2 Å². The Morgan fingerprint density at radius 2 is 2.06 bits per heavy atom. The number of ether oxygens (including phenoxy) is 1. The van der Waals surface area contributed by atoms with Gasteiger partial charge in [0, 0.05) is 18.0 Å². The van der Waals surface area contributed by atoms with Crippen molar-refractivity contribution < 1.29 is 14.3 Å². The first-order valence-electron chi connectivity index (χ1n) is 11.0. The molecule has 0 radical (unpaired) electrons. The average molecular weight is 486 g/mol. The molecule has 1 aromatic carbocycles. The Labute approximate surface area is 200 Å². The number of aryl methyl sites for hydroxylation is 1. The molecule has 9 heteroatoms. The van der Waals surface area contributed by atoms with E-state index in [9.17, 15) is 14.4 Å². The van der Waals surface area contributed by atoms with Gasteiger partial charge in [0.15, 0.2) is 5.16 Å². The maximum absolute atomic E-state index is 13.2. The third kappa shape index (κ3) is 4.99. The molecule has 0 aliphatic heterocycles. The Kier molecular flexibility index (Phi) is 7.19. The molecular formula is C24H27N3O4S2. The van der Waals surface area contributed by atoms with Crippen LogP contribution in [-0.4, -0.2) is 34.3 Å². The largest absolute Gasteiger partial charge is 0.465 e. The van der Waals surface area contributed by atoms with Crippen molar-refractivity contribution in [1.82, 2.24) is 14.9 Å². The second-order valence-electron chi connectivity index (χ2n) is 8.23. The summed E-state index contributed by atoms with van der Waals surface area (Å²) < 4.78 is 6.37. The summed E-state index contributed by atoms with van der Waals surface area (Å²) in [7, 11) is 1.34. The minimum absolute atomic E-state index is 0.00292. The number of carbonyl (C=O) groups excluding carboxylic acids is 2. The monoisotopic (exact) mass is 485 g/mol. The van der Waals surface area contributed by atoms with Crippen LogP contribution in [0.1, 0.15) is 46.6 Å². The number of nitrogens with zero attached hydrogens (tertiary/aromatic N) is 2. The fourth-order valence-corrected chi connectivity index (χ4v) is 6.37. The highest BCUT2D eigenvalue weighted by Gasteiger charge is 2.24. The van der Waals surface area contributed by atoms with Crippen LogP contribution in [0.4, 0.5) is 0 Å². The van der Waals surface area contributed by atoms with E-state index < -0.39 is 5.97 Å². The van der Waals surface area contributed by atoms with Gasteiger partial charge in [-0.05, 0) is 55.4 Å². The number of esters is 1. The number of thioether (sulfide) groups is 1. The maximum Gasteiger partial charge on any atom is 0.337 e. The summed E-state index contributed by atoms with van der Waals surface area (Å²) in [6.07, 6.45) is 3.05. The highest BCUT2D eigenvalue weighted by molar-refractivity contribution is 7.99. The van der Waals surface area contributed by atoms with Crippen LogP contribution in [0, 0.1) is 5.92 Å². The first-order valence-corrected chi connectivity index (χ1v) is 12.8. The molecule has 0 fully saturated rings. The number of hydrogen-bond acceptors (Lipinski definition) is 7. The summed E-state index contributed by atoms with van der Waals surface area (Å²) in [5.74, 6) is 0.261. The van der Waals surface area contributed by atoms with E-state index in [0.29, 0.717) is 29.7 Å². The van der Waals surface area contributed by atoms with Crippen molar-refractivity contribution in [1.29, 1.82) is 0 Å². The third-order valence-electron chi connectivity index (χ3n) is 5.89. The van der Waals surface area contributed by atoms with Crippen molar-refractivity contribution in [2.45, 2.75) is 51.4 Å². The summed E-state index contributed by atoms with van der Waals surface area (Å²) in [5, 5.41) is 4.23. The number of thiophene rings is 1. The van der Waals surface area contributed by atoms with E-state index in [-0.39, 0.29) is 17.2 Å². The SMILES string of the molecule is CCn1c(SCC(=O)NCc2ccc(C(=O)OC)cc2)nc2sc3c(c2c1=O)CCC(C)C3. The molecule has 7 nitrogen and oxygen atoms in total. The predicted octanol–water partition coefficient (Wildman–Crippen LogP) is 3.80. The van der Waals surface area contributed by atoms with E-state index >= 15 is 0 Å². The molecule has 0 spiro atoms. The number of aromatic nitrogens is 2. The molecular weight excluding hydrogens is 458 g/mol. The van der Waals surface area contributed by atoms with Gasteiger partial charge < -0.3 is 10.1 Å². The number of carbonyl (C=O) groups is 2. The highest BCUT2D eigenvalue weighted by atomic mass is 32.2. The van der Waals surface area contributed by atoms with Gasteiger partial charge in [0.05, 0.1) is 23.8 Å². The zero-order valence-electron chi connectivity index (χ0n) is 19.0. The van der Waals surface area contributed by atoms with Crippen LogP contribution in [0.2, 0.25) is 0 Å². The van der Waals surface area contributed by atoms with Crippen LogP contribution >= 0.6 is 23.1 Å². The number of nitrogens with one attached hydrogen (secondary N) is 1. The van der Waals surface area contributed by atoms with E-state index in [2.05, 4.69) is 17.0 Å². The van der Waals surface area contributed by atoms with Crippen molar-refractivity contribution in [3.05, 3.63) is 56.2 Å². The Morgan fingerprint density at radius 1 is 1.30 bits per heavy atom. The smallest absolute Gasteiger partial charge is 0.337 e. The highest BCUT2D eigenvalue weighted by Crippen LogP contribution is 2.36. The van der Waals surface area contributed by atoms with E-state index in [1.807, 2.05) is 6.92 Å². The zero-order chi connectivity index (χ0) is 23.5. The van der Waals surface area contributed by atoms with Crippen molar-refractivity contribution in [2.75, 3.05) is 12.9 Å². The molecule has 1 amide bonds. The molecule has 1 unspecified atom stereocenters. The van der Waals surface area contributed by atoms with Gasteiger partial charge in [-0.25, -0.2) is 9.78 Å². The van der Waals surface area contributed by atoms with Crippen LogP contribution in [0.5, 0.6) is 0 Å². The van der Waals surface area contributed by atoms with Gasteiger partial charge in [0.2, 0.25) is 5.91 Å². The van der Waals surface area contributed by atoms with Gasteiger partial charge in [0.25, 0.3) is 5.56 Å². The predicted molar refractivity (Wildman–Crippen MR) is 131 cm³/mol. The van der Waals surface area contributed by atoms with Gasteiger partial charge >= 0.3 is 5.97 Å². The topological polar surface area (TPSA) is 90.3 Å². The molecule has 1 aliphatic rings. The van der Waals surface area contributed by atoms with Crippen molar-refractivity contribution in [3.63, 3.8) is 0 Å². The molecule has 1 aliphatic carbocycles. The molecule has 1 N–H and O–H groups in total. The zero-order valence-corrected chi connectivity index (χ0v) is 20.6. The molecule has 1 atom stereocenters. The summed E-state index contributed by atoms with van der Waals surface area (Å²) >= 11 is 2.91. The fraction of sp³-hybridized carbons (Fsp3) is 0.417. The molecule has 0 saturated carbocycles. The number of methoxy groups -OCH3 is 1. The van der Waals surface area contributed by atoms with Gasteiger partial charge in [-0.15, -0.1) is 11.3 Å². The first kappa shape index (κ1) is 23.5. The van der Waals surface area contributed by atoms with Gasteiger partial charge in [-0.1, -0.05) is 30.8 Å². The molecule has 0 bridgehead atoms. The van der Waals surface area contributed by atoms with Gasteiger partial charge in [-0.2, -0.15) is 0 Å². The van der Waals surface area contributed by atoms with Crippen molar-refractivity contribution >= 4 is 45.2 Å². The average Bonchev–Trinajstić information content (AvgIpc) is 3.18. The van der Waals surface area contributed by atoms with E-state index in [1.54, 1.807) is 40.2 Å². The molecule has 2 aromatic heterocycles. The number of fused-ring (bicyclic) bond motifs is 3. The normalized spacial score (nSPS) is 15.3. The lowest BCUT2D eigenvalue weighted by Gasteiger charge is -2.17. The van der Waals surface area contributed by atoms with Crippen molar-refractivity contribution in [2.24, 2.45) is 5.92 Å². The fourth-order valence-electron chi connectivity index (χ4n) is 4.05. The summed E-state index contributed by atoms with van der Waals surface area (Å²) in [6, 6.07) is 6.90. The number of amides is 1. The van der Waals surface area contributed by atoms with Gasteiger partial charge in [-0.3, -0.25) is 14.2 Å². The Balaban J connectivity index is 1.44. The molecule has 174 valence electrons. The minimum atomic E-state index is -0.394. The van der Waals surface area contributed by atoms with Crippen LogP contribution in [-0.2, 0) is 35.5 Å². The lowest BCUT2D eigenvalue weighted by molar-refractivity contribution is -0.118. The molecule has 3 aromatic rings. The quantitative estimate of drug-likeness (QED) is 0.311. The van der Waals surface area contributed by atoms with Crippen LogP contribution in [0.3, 0.4) is 0 Å². The van der Waals surface area contributed by atoms with E-state index in [1.165, 1.54) is 29.3 Å². The number of hydrogen-bond donors (Lipinski definition) is 1. The summed E-state index contributed by atoms with van der Waals surface area (Å²) in [4.78, 5) is 44.0. The molecule has 0 saturated heterocycles. The third-order valence-corrected chi connectivity index (χ3v) is 8.02. The summed E-state index contributed by atoms with van der Waals surface area (Å²) in [6.45, 7) is 5.04. The second kappa shape index (κ2) is 10.1. The van der Waals surface area contributed by atoms with Crippen molar-refractivity contribution in [3.8, 4) is 0 Å². The van der Waals surface area contributed by atoms with E-state index in [0.717, 1.165) is 35.0 Å². The van der Waals surface area contributed by atoms with Crippen LogP contribution < -0.4 is 10.9 Å². The lowest BCUT2D eigenvalue weighted by Crippen LogP contribution is -2.26. The second-order valence-corrected chi connectivity index (χ2v) is 10.3. The Hall–Kier alpha value is -2.65. The summed E-state index contributed by atoms with van der Waals surface area (Å²) in [5.41, 5.74) is 2.53. The minimum Gasteiger partial charge on any atom is -0.465 e. The maximum atomic E-state index is 13.2. The van der Waals surface area contributed by atoms with E-state index in [4.69, 9.17) is 4.98 Å². The van der Waals surface area contributed by atoms with Gasteiger partial charge in [0.1, 0.15) is 4.83 Å². The van der Waals surface area contributed by atoms with Crippen LogP contribution in [0.25, 0.3) is 10.2 Å². The first-order chi connectivity index (χ1) is 15.9. The lowest BCUT2D eigenvalue weighted by atomic mass is 9.89. The molecule has 2 heterocycles. The standard InChI is InChI=1S/C24H27N3O4S2/c1-4-27-22(29)20-17-10-5-14(2)11-18(17)33-21(20)26-24(27)32-13-19(28)25-12-15-6-8-16(9-7-15)23(30)31-3/h6-9,14H,4-5,10-13H2,1-3H3,(H,25,28). The number of benzene rings is 1. The molecule has 33 heavy (non-hydrogen) atoms. The molecule has 4 rings (SSSR count).